The Morgan fingerprint density at radius 1 is 1.22 bits per heavy atom. The standard InChI is InChI=1S/C18H19FN6O2/c1-12-16(19)17(27)22-18(21-12)24-8-6-23(7-9-24)15(26)10-25-11-20-13-4-2-3-5-14(13)25/h2-5,11H,6-10H2,1H3,(H,21,22,27). The van der Waals surface area contributed by atoms with Crippen LogP contribution in [0, 0.1) is 12.7 Å². The van der Waals surface area contributed by atoms with Crippen molar-refractivity contribution in [2.75, 3.05) is 31.1 Å². The molecule has 140 valence electrons. The maximum atomic E-state index is 13.5. The molecule has 9 heteroatoms. The molecule has 1 saturated heterocycles. The number of carbonyl (C=O) groups is 1. The zero-order valence-corrected chi connectivity index (χ0v) is 14.9. The molecular weight excluding hydrogens is 351 g/mol. The van der Waals surface area contributed by atoms with Crippen molar-refractivity contribution >= 4 is 22.9 Å². The highest BCUT2D eigenvalue weighted by Crippen LogP contribution is 2.14. The van der Waals surface area contributed by atoms with E-state index < -0.39 is 11.4 Å². The minimum absolute atomic E-state index is 0.00884. The molecular formula is C18H19FN6O2. The molecule has 0 radical (unpaired) electrons. The molecule has 0 atom stereocenters. The van der Waals surface area contributed by atoms with Gasteiger partial charge in [-0.1, -0.05) is 12.1 Å². The lowest BCUT2D eigenvalue weighted by molar-refractivity contribution is -0.132. The normalized spacial score (nSPS) is 14.7. The number of aryl methyl sites for hydroxylation is 1. The molecule has 3 aromatic rings. The molecule has 4 rings (SSSR count). The van der Waals surface area contributed by atoms with Crippen LogP contribution in [0.3, 0.4) is 0 Å². The third-order valence-corrected chi connectivity index (χ3v) is 4.78. The number of halogens is 1. The number of rotatable bonds is 3. The molecule has 0 bridgehead atoms. The number of carbonyl (C=O) groups excluding carboxylic acids is 1. The SMILES string of the molecule is Cc1nc(N2CCN(C(=O)Cn3cnc4ccccc43)CC2)[nH]c(=O)c1F. The molecule has 0 saturated carbocycles. The number of aromatic amines is 1. The number of nitrogens with one attached hydrogen (secondary N) is 1. The Hall–Kier alpha value is -3.23. The highest BCUT2D eigenvalue weighted by Gasteiger charge is 2.23. The van der Waals surface area contributed by atoms with Crippen molar-refractivity contribution in [2.45, 2.75) is 13.5 Å². The molecule has 0 spiro atoms. The van der Waals surface area contributed by atoms with Crippen molar-refractivity contribution in [1.82, 2.24) is 24.4 Å². The number of benzene rings is 1. The van der Waals surface area contributed by atoms with Gasteiger partial charge in [0.15, 0.2) is 0 Å². The molecule has 1 aliphatic heterocycles. The lowest BCUT2D eigenvalue weighted by Crippen LogP contribution is -2.50. The zero-order valence-electron chi connectivity index (χ0n) is 14.9. The summed E-state index contributed by atoms with van der Waals surface area (Å²) in [6.45, 7) is 3.74. The first-order valence-corrected chi connectivity index (χ1v) is 8.72. The summed E-state index contributed by atoms with van der Waals surface area (Å²) in [5.74, 6) is -0.513. The Kier molecular flexibility index (Phi) is 4.35. The van der Waals surface area contributed by atoms with E-state index in [1.165, 1.54) is 6.92 Å². The lowest BCUT2D eigenvalue weighted by atomic mass is 10.3. The lowest BCUT2D eigenvalue weighted by Gasteiger charge is -2.35. The molecule has 1 fully saturated rings. The summed E-state index contributed by atoms with van der Waals surface area (Å²) in [7, 11) is 0. The fourth-order valence-electron chi connectivity index (χ4n) is 3.26. The van der Waals surface area contributed by atoms with Gasteiger partial charge in [0.25, 0.3) is 5.56 Å². The van der Waals surface area contributed by atoms with Gasteiger partial charge in [-0.15, -0.1) is 0 Å². The van der Waals surface area contributed by atoms with E-state index in [0.29, 0.717) is 32.1 Å². The van der Waals surface area contributed by atoms with Crippen LogP contribution < -0.4 is 10.5 Å². The number of para-hydroxylation sites is 2. The summed E-state index contributed by atoms with van der Waals surface area (Å²) in [4.78, 5) is 38.7. The molecule has 2 aromatic heterocycles. The smallest absolute Gasteiger partial charge is 0.288 e. The summed E-state index contributed by atoms with van der Waals surface area (Å²) < 4.78 is 15.3. The van der Waals surface area contributed by atoms with E-state index >= 15 is 0 Å². The van der Waals surface area contributed by atoms with Gasteiger partial charge in [0.2, 0.25) is 17.7 Å². The van der Waals surface area contributed by atoms with Gasteiger partial charge in [0.1, 0.15) is 6.54 Å². The highest BCUT2D eigenvalue weighted by molar-refractivity contribution is 5.80. The number of imidazole rings is 1. The number of hydrogen-bond donors (Lipinski definition) is 1. The minimum atomic E-state index is -0.861. The van der Waals surface area contributed by atoms with Crippen LogP contribution in [0.1, 0.15) is 5.69 Å². The third kappa shape index (κ3) is 3.27. The van der Waals surface area contributed by atoms with Crippen molar-refractivity contribution in [1.29, 1.82) is 0 Å². The number of nitrogens with zero attached hydrogens (tertiary/aromatic N) is 5. The summed E-state index contributed by atoms with van der Waals surface area (Å²) >= 11 is 0. The fraction of sp³-hybridized carbons (Fsp3) is 0.333. The Labute approximate surface area is 154 Å². The van der Waals surface area contributed by atoms with Gasteiger partial charge in [-0.2, -0.15) is 4.39 Å². The topological polar surface area (TPSA) is 87.1 Å². The van der Waals surface area contributed by atoms with E-state index in [0.717, 1.165) is 11.0 Å². The Balaban J connectivity index is 1.42. The van der Waals surface area contributed by atoms with Crippen molar-refractivity contribution < 1.29 is 9.18 Å². The van der Waals surface area contributed by atoms with Crippen LogP contribution in [0.4, 0.5) is 10.3 Å². The maximum absolute atomic E-state index is 13.5. The van der Waals surface area contributed by atoms with Gasteiger partial charge in [-0.25, -0.2) is 9.97 Å². The van der Waals surface area contributed by atoms with E-state index in [-0.39, 0.29) is 18.1 Å². The predicted molar refractivity (Wildman–Crippen MR) is 98.1 cm³/mol. The molecule has 8 nitrogen and oxygen atoms in total. The van der Waals surface area contributed by atoms with Crippen LogP contribution in [-0.4, -0.2) is 56.5 Å². The second-order valence-corrected chi connectivity index (χ2v) is 6.52. The average Bonchev–Trinajstić information content (AvgIpc) is 3.09. The molecule has 0 unspecified atom stereocenters. The van der Waals surface area contributed by atoms with E-state index in [4.69, 9.17) is 0 Å². The Morgan fingerprint density at radius 2 is 1.96 bits per heavy atom. The first kappa shape index (κ1) is 17.2. The number of H-pyrrole nitrogens is 1. The van der Waals surface area contributed by atoms with Crippen LogP contribution in [0.5, 0.6) is 0 Å². The van der Waals surface area contributed by atoms with Gasteiger partial charge < -0.3 is 14.4 Å². The number of amides is 1. The van der Waals surface area contributed by atoms with E-state index in [2.05, 4.69) is 15.0 Å². The number of anilines is 1. The van der Waals surface area contributed by atoms with Crippen molar-refractivity contribution in [3.8, 4) is 0 Å². The first-order chi connectivity index (χ1) is 13.0. The second kappa shape index (κ2) is 6.82. The van der Waals surface area contributed by atoms with Crippen LogP contribution in [-0.2, 0) is 11.3 Å². The Morgan fingerprint density at radius 3 is 2.70 bits per heavy atom. The Bertz CT molecular complexity index is 1050. The van der Waals surface area contributed by atoms with Crippen LogP contribution in [0.25, 0.3) is 11.0 Å². The number of aromatic nitrogens is 4. The van der Waals surface area contributed by atoms with Gasteiger partial charge in [0, 0.05) is 26.2 Å². The van der Waals surface area contributed by atoms with Crippen molar-refractivity contribution in [3.05, 3.63) is 52.5 Å². The summed E-state index contributed by atoms with van der Waals surface area (Å²) in [6.07, 6.45) is 1.68. The molecule has 1 amide bonds. The van der Waals surface area contributed by atoms with Gasteiger partial charge >= 0.3 is 0 Å². The van der Waals surface area contributed by atoms with Crippen molar-refractivity contribution in [3.63, 3.8) is 0 Å². The number of hydrogen-bond acceptors (Lipinski definition) is 5. The second-order valence-electron chi connectivity index (χ2n) is 6.52. The number of piperazine rings is 1. The highest BCUT2D eigenvalue weighted by atomic mass is 19.1. The van der Waals surface area contributed by atoms with Gasteiger partial charge in [0.05, 0.1) is 23.1 Å². The monoisotopic (exact) mass is 370 g/mol. The van der Waals surface area contributed by atoms with Crippen molar-refractivity contribution in [2.24, 2.45) is 0 Å². The van der Waals surface area contributed by atoms with Crippen LogP contribution >= 0.6 is 0 Å². The zero-order chi connectivity index (χ0) is 19.0. The van der Waals surface area contributed by atoms with Gasteiger partial charge in [-0.05, 0) is 19.1 Å². The molecule has 1 aromatic carbocycles. The molecule has 1 N–H and O–H groups in total. The van der Waals surface area contributed by atoms with E-state index in [9.17, 15) is 14.0 Å². The minimum Gasteiger partial charge on any atom is -0.339 e. The van der Waals surface area contributed by atoms with Crippen LogP contribution in [0.2, 0.25) is 0 Å². The molecule has 27 heavy (non-hydrogen) atoms. The largest absolute Gasteiger partial charge is 0.339 e. The number of fused-ring (bicyclic) bond motifs is 1. The first-order valence-electron chi connectivity index (χ1n) is 8.72. The van der Waals surface area contributed by atoms with E-state index in [1.807, 2.05) is 33.7 Å². The molecule has 0 aliphatic carbocycles. The molecule has 1 aliphatic rings. The third-order valence-electron chi connectivity index (χ3n) is 4.78. The summed E-state index contributed by atoms with van der Waals surface area (Å²) in [6, 6.07) is 7.68. The summed E-state index contributed by atoms with van der Waals surface area (Å²) in [5, 5.41) is 0. The molecule has 3 heterocycles. The summed E-state index contributed by atoms with van der Waals surface area (Å²) in [5.41, 5.74) is 1.08. The fourth-order valence-corrected chi connectivity index (χ4v) is 3.26. The average molecular weight is 370 g/mol. The van der Waals surface area contributed by atoms with Gasteiger partial charge in [-0.3, -0.25) is 14.6 Å². The quantitative estimate of drug-likeness (QED) is 0.741. The van der Waals surface area contributed by atoms with E-state index in [1.54, 1.807) is 11.2 Å². The predicted octanol–water partition coefficient (Wildman–Crippen LogP) is 0.916. The maximum Gasteiger partial charge on any atom is 0.288 e. The van der Waals surface area contributed by atoms with Crippen LogP contribution in [0.15, 0.2) is 35.4 Å².